The van der Waals surface area contributed by atoms with Crippen LogP contribution in [0.2, 0.25) is 0 Å². The molecule has 2 amide bonds. The Morgan fingerprint density at radius 3 is 2.46 bits per heavy atom. The van der Waals surface area contributed by atoms with Crippen LogP contribution in [0.1, 0.15) is 28.4 Å². The Hall–Kier alpha value is -3.09. The number of rotatable bonds is 7. The fraction of sp³-hybridized carbons (Fsp3) is 0.263. The van der Waals surface area contributed by atoms with Crippen molar-refractivity contribution in [2.24, 2.45) is 0 Å². The molecule has 0 aliphatic heterocycles. The molecular formula is C19H21FN2O4. The maximum atomic E-state index is 13.5. The number of carboxylic acid groups (broad SMARTS) is 1. The number of carbonyl (C=O) groups excluding carboxylic acids is 1. The number of carbonyl (C=O) groups is 2. The smallest absolute Gasteiger partial charge is 0.335 e. The molecule has 0 aliphatic carbocycles. The number of carboxylic acids is 1. The number of halogens is 1. The Balaban J connectivity index is 1.83. The third-order valence-electron chi connectivity index (χ3n) is 3.74. The minimum Gasteiger partial charge on any atom is -0.497 e. The van der Waals surface area contributed by atoms with Gasteiger partial charge in [-0.1, -0.05) is 12.1 Å². The summed E-state index contributed by atoms with van der Waals surface area (Å²) in [6.07, 6.45) is 0.453. The van der Waals surface area contributed by atoms with Gasteiger partial charge in [0.25, 0.3) is 0 Å². The van der Waals surface area contributed by atoms with E-state index in [1.165, 1.54) is 31.4 Å². The molecule has 0 radical (unpaired) electrons. The standard InChI is InChI=1S/C19H21FN2O4/c1-12(7-14-8-16(20)10-17(9-14)26-2)22-19(25)21-11-13-3-5-15(6-4-13)18(23)24/h3-6,8-10,12H,7,11H2,1-2H3,(H,23,24)(H2,21,22,25). The van der Waals surface area contributed by atoms with Gasteiger partial charge in [0.1, 0.15) is 11.6 Å². The van der Waals surface area contributed by atoms with Crippen molar-refractivity contribution in [2.45, 2.75) is 25.9 Å². The number of aromatic carboxylic acids is 1. The number of hydrogen-bond acceptors (Lipinski definition) is 3. The number of nitrogens with one attached hydrogen (secondary N) is 2. The molecule has 138 valence electrons. The molecule has 0 bridgehead atoms. The molecule has 0 heterocycles. The van der Waals surface area contributed by atoms with E-state index in [1.54, 1.807) is 18.2 Å². The second kappa shape index (κ2) is 8.84. The van der Waals surface area contributed by atoms with Gasteiger partial charge in [-0.05, 0) is 48.7 Å². The summed E-state index contributed by atoms with van der Waals surface area (Å²) in [5.74, 6) is -0.952. The van der Waals surface area contributed by atoms with Crippen molar-refractivity contribution in [1.82, 2.24) is 10.6 Å². The first-order chi connectivity index (χ1) is 12.4. The number of urea groups is 1. The summed E-state index contributed by atoms with van der Waals surface area (Å²) in [7, 11) is 1.47. The molecule has 0 saturated carbocycles. The van der Waals surface area contributed by atoms with Crippen molar-refractivity contribution in [1.29, 1.82) is 0 Å². The highest BCUT2D eigenvalue weighted by molar-refractivity contribution is 5.87. The predicted molar refractivity (Wildman–Crippen MR) is 94.9 cm³/mol. The zero-order valence-electron chi connectivity index (χ0n) is 14.6. The number of methoxy groups -OCH3 is 1. The van der Waals surface area contributed by atoms with E-state index in [0.29, 0.717) is 12.2 Å². The lowest BCUT2D eigenvalue weighted by Gasteiger charge is -2.15. The van der Waals surface area contributed by atoms with Gasteiger partial charge in [0.15, 0.2) is 0 Å². The first-order valence-corrected chi connectivity index (χ1v) is 8.07. The van der Waals surface area contributed by atoms with Gasteiger partial charge < -0.3 is 20.5 Å². The Bertz CT molecular complexity index is 778. The average molecular weight is 360 g/mol. The van der Waals surface area contributed by atoms with Crippen LogP contribution in [0.5, 0.6) is 5.75 Å². The molecule has 2 rings (SSSR count). The summed E-state index contributed by atoms with van der Waals surface area (Å²) < 4.78 is 18.5. The van der Waals surface area contributed by atoms with E-state index in [0.717, 1.165) is 11.1 Å². The third kappa shape index (κ3) is 5.77. The van der Waals surface area contributed by atoms with Gasteiger partial charge in [0.05, 0.1) is 12.7 Å². The number of ether oxygens (including phenoxy) is 1. The van der Waals surface area contributed by atoms with Gasteiger partial charge in [-0.15, -0.1) is 0 Å². The van der Waals surface area contributed by atoms with Crippen molar-refractivity contribution in [2.75, 3.05) is 7.11 Å². The van der Waals surface area contributed by atoms with Crippen molar-refractivity contribution in [3.8, 4) is 5.75 Å². The highest BCUT2D eigenvalue weighted by atomic mass is 19.1. The maximum Gasteiger partial charge on any atom is 0.335 e. The largest absolute Gasteiger partial charge is 0.497 e. The van der Waals surface area contributed by atoms with E-state index >= 15 is 0 Å². The van der Waals surface area contributed by atoms with Crippen LogP contribution in [-0.4, -0.2) is 30.3 Å². The van der Waals surface area contributed by atoms with E-state index in [1.807, 2.05) is 6.92 Å². The lowest BCUT2D eigenvalue weighted by atomic mass is 10.1. The van der Waals surface area contributed by atoms with Crippen LogP contribution in [0.15, 0.2) is 42.5 Å². The van der Waals surface area contributed by atoms with Crippen molar-refractivity contribution >= 4 is 12.0 Å². The molecule has 0 aromatic heterocycles. The van der Waals surface area contributed by atoms with Gasteiger partial charge in [0, 0.05) is 18.7 Å². The molecule has 2 aromatic rings. The fourth-order valence-electron chi connectivity index (χ4n) is 2.48. The molecule has 0 aliphatic rings. The van der Waals surface area contributed by atoms with E-state index in [-0.39, 0.29) is 30.0 Å². The Morgan fingerprint density at radius 1 is 1.15 bits per heavy atom. The summed E-state index contributed by atoms with van der Waals surface area (Å²) in [5.41, 5.74) is 1.70. The van der Waals surface area contributed by atoms with Gasteiger partial charge >= 0.3 is 12.0 Å². The Morgan fingerprint density at radius 2 is 1.85 bits per heavy atom. The van der Waals surface area contributed by atoms with Crippen LogP contribution in [0.3, 0.4) is 0 Å². The average Bonchev–Trinajstić information content (AvgIpc) is 2.59. The van der Waals surface area contributed by atoms with Crippen molar-refractivity contribution in [3.05, 3.63) is 65.0 Å². The molecule has 26 heavy (non-hydrogen) atoms. The minimum absolute atomic E-state index is 0.192. The molecule has 7 heteroatoms. The fourth-order valence-corrected chi connectivity index (χ4v) is 2.48. The molecule has 2 aromatic carbocycles. The normalized spacial score (nSPS) is 11.5. The summed E-state index contributed by atoms with van der Waals surface area (Å²) in [6.45, 7) is 2.09. The summed E-state index contributed by atoms with van der Waals surface area (Å²) in [5, 5.41) is 14.3. The van der Waals surface area contributed by atoms with E-state index in [2.05, 4.69) is 10.6 Å². The summed E-state index contributed by atoms with van der Waals surface area (Å²) >= 11 is 0. The van der Waals surface area contributed by atoms with E-state index in [9.17, 15) is 14.0 Å². The second-order valence-electron chi connectivity index (χ2n) is 5.93. The number of hydrogen-bond donors (Lipinski definition) is 3. The Labute approximate surface area is 151 Å². The van der Waals surface area contributed by atoms with Gasteiger partial charge in [-0.3, -0.25) is 0 Å². The molecule has 1 unspecified atom stereocenters. The predicted octanol–water partition coefficient (Wildman–Crippen LogP) is 2.96. The van der Waals surface area contributed by atoms with Crippen LogP contribution in [-0.2, 0) is 13.0 Å². The second-order valence-corrected chi connectivity index (χ2v) is 5.93. The van der Waals surface area contributed by atoms with E-state index in [4.69, 9.17) is 9.84 Å². The minimum atomic E-state index is -0.995. The monoisotopic (exact) mass is 360 g/mol. The third-order valence-corrected chi connectivity index (χ3v) is 3.74. The summed E-state index contributed by atoms with van der Waals surface area (Å²) in [4.78, 5) is 22.8. The van der Waals surface area contributed by atoms with Crippen LogP contribution in [0.4, 0.5) is 9.18 Å². The topological polar surface area (TPSA) is 87.7 Å². The molecule has 6 nitrogen and oxygen atoms in total. The molecule has 0 fully saturated rings. The number of benzene rings is 2. The van der Waals surface area contributed by atoms with Crippen molar-refractivity contribution < 1.29 is 23.8 Å². The first kappa shape index (κ1) is 19.2. The molecule has 0 spiro atoms. The molecule has 1 atom stereocenters. The first-order valence-electron chi connectivity index (χ1n) is 8.07. The van der Waals surface area contributed by atoms with Gasteiger partial charge in [-0.2, -0.15) is 0 Å². The lowest BCUT2D eigenvalue weighted by Crippen LogP contribution is -2.41. The highest BCUT2D eigenvalue weighted by Gasteiger charge is 2.10. The van der Waals surface area contributed by atoms with Crippen LogP contribution >= 0.6 is 0 Å². The maximum absolute atomic E-state index is 13.5. The van der Waals surface area contributed by atoms with E-state index < -0.39 is 5.97 Å². The highest BCUT2D eigenvalue weighted by Crippen LogP contribution is 2.17. The lowest BCUT2D eigenvalue weighted by molar-refractivity contribution is 0.0697. The molecule has 3 N–H and O–H groups in total. The van der Waals surface area contributed by atoms with Crippen LogP contribution in [0, 0.1) is 5.82 Å². The molecule has 0 saturated heterocycles. The number of amides is 2. The van der Waals surface area contributed by atoms with Crippen molar-refractivity contribution in [3.63, 3.8) is 0 Å². The zero-order valence-corrected chi connectivity index (χ0v) is 14.6. The summed E-state index contributed by atoms with van der Waals surface area (Å²) in [6, 6.07) is 10.1. The van der Waals surface area contributed by atoms with Gasteiger partial charge in [-0.25, -0.2) is 14.0 Å². The quantitative estimate of drug-likeness (QED) is 0.708. The Kier molecular flexibility index (Phi) is 6.54. The zero-order chi connectivity index (χ0) is 19.1. The van der Waals surface area contributed by atoms with Crippen LogP contribution in [0.25, 0.3) is 0 Å². The SMILES string of the molecule is COc1cc(F)cc(CC(C)NC(=O)NCc2ccc(C(=O)O)cc2)c1. The van der Waals surface area contributed by atoms with Gasteiger partial charge in [0.2, 0.25) is 0 Å². The molecular weight excluding hydrogens is 339 g/mol. The van der Waals surface area contributed by atoms with Crippen LogP contribution < -0.4 is 15.4 Å².